The van der Waals surface area contributed by atoms with Crippen molar-refractivity contribution in [1.82, 2.24) is 10.2 Å². The molecule has 246 valence electrons. The van der Waals surface area contributed by atoms with E-state index in [1.165, 1.54) is 10.5 Å². The van der Waals surface area contributed by atoms with Gasteiger partial charge in [0.15, 0.2) is 0 Å². The minimum Gasteiger partial charge on any atom is -0.494 e. The van der Waals surface area contributed by atoms with Gasteiger partial charge in [0.05, 0.1) is 32.0 Å². The van der Waals surface area contributed by atoms with Gasteiger partial charge < -0.3 is 35.0 Å². The Labute approximate surface area is 266 Å². The molecule has 1 amide bonds. The van der Waals surface area contributed by atoms with Gasteiger partial charge in [-0.3, -0.25) is 9.18 Å². The number of amides is 1. The molecule has 4 rings (SSSR count). The van der Waals surface area contributed by atoms with Crippen molar-refractivity contribution in [2.24, 2.45) is 5.92 Å². The molecule has 0 aliphatic carbocycles. The number of nitriles is 1. The van der Waals surface area contributed by atoms with Crippen LogP contribution in [0.4, 0.5) is 4.39 Å². The van der Waals surface area contributed by atoms with E-state index in [9.17, 15) is 29.8 Å². The highest BCUT2D eigenvalue weighted by molar-refractivity contribution is 5.79. The van der Waals surface area contributed by atoms with Gasteiger partial charge in [-0.2, -0.15) is 5.26 Å². The number of nitrogens with one attached hydrogen (secondary N) is 1. The van der Waals surface area contributed by atoms with E-state index in [1.54, 1.807) is 6.92 Å². The number of nitrogens with zero attached hydrogens (tertiary/aromatic N) is 2. The third-order valence-corrected chi connectivity index (χ3v) is 9.12. The second-order valence-corrected chi connectivity index (χ2v) is 13.1. The smallest absolute Gasteiger partial charge is 0.237 e. The van der Waals surface area contributed by atoms with Crippen LogP contribution in [0, 0.1) is 17.2 Å². The third kappa shape index (κ3) is 8.81. The van der Waals surface area contributed by atoms with Crippen molar-refractivity contribution in [2.45, 2.75) is 102 Å². The number of alkyl halides is 1. The SMILES string of the molecule is CCc1ccc([C@@H]2O[C@H](C)[C@@H](O)[C@H](O)[C@H]2O)cc1Cc1ccc(OCCCC(C)(C)NCC(=O)N2C[C@@H](CF)C[C@H]2C#N)cc1. The second kappa shape index (κ2) is 15.5. The van der Waals surface area contributed by atoms with Gasteiger partial charge in [0, 0.05) is 18.0 Å². The number of hydrogen-bond donors (Lipinski definition) is 4. The quantitative estimate of drug-likeness (QED) is 0.248. The van der Waals surface area contributed by atoms with Gasteiger partial charge in [0.2, 0.25) is 5.91 Å². The maximum absolute atomic E-state index is 13.1. The van der Waals surface area contributed by atoms with E-state index < -0.39 is 43.2 Å². The zero-order valence-corrected chi connectivity index (χ0v) is 26.8. The van der Waals surface area contributed by atoms with Gasteiger partial charge in [0.1, 0.15) is 36.2 Å². The van der Waals surface area contributed by atoms with Crippen molar-refractivity contribution in [3.8, 4) is 11.8 Å². The maximum atomic E-state index is 13.1. The van der Waals surface area contributed by atoms with Crippen molar-refractivity contribution >= 4 is 5.91 Å². The average molecular weight is 626 g/mol. The van der Waals surface area contributed by atoms with Crippen LogP contribution in [-0.4, -0.2) is 88.5 Å². The lowest BCUT2D eigenvalue weighted by molar-refractivity contribution is -0.219. The topological polar surface area (TPSA) is 135 Å². The van der Waals surface area contributed by atoms with Crippen LogP contribution in [0.3, 0.4) is 0 Å². The fourth-order valence-corrected chi connectivity index (χ4v) is 6.22. The summed E-state index contributed by atoms with van der Waals surface area (Å²) < 4.78 is 24.9. The molecule has 0 radical (unpaired) electrons. The van der Waals surface area contributed by atoms with E-state index >= 15 is 0 Å². The van der Waals surface area contributed by atoms with Gasteiger partial charge in [-0.25, -0.2) is 0 Å². The molecular formula is C35H48FN3O6. The number of carbonyl (C=O) groups is 1. The van der Waals surface area contributed by atoms with Crippen molar-refractivity contribution in [1.29, 1.82) is 5.26 Å². The van der Waals surface area contributed by atoms with E-state index in [0.29, 0.717) is 26.0 Å². The molecule has 2 aliphatic rings. The molecule has 0 aromatic heterocycles. The summed E-state index contributed by atoms with van der Waals surface area (Å²) in [5.41, 5.74) is 3.85. The van der Waals surface area contributed by atoms with E-state index in [2.05, 4.69) is 18.3 Å². The summed E-state index contributed by atoms with van der Waals surface area (Å²) in [6.45, 7) is 8.24. The number of carbonyl (C=O) groups excluding carboxylic acids is 1. The minimum atomic E-state index is -1.28. The molecule has 7 atom stereocenters. The molecule has 2 aromatic rings. The van der Waals surface area contributed by atoms with Crippen LogP contribution < -0.4 is 10.1 Å². The summed E-state index contributed by atoms with van der Waals surface area (Å²) in [5.74, 6) is 0.335. The molecule has 2 heterocycles. The zero-order chi connectivity index (χ0) is 32.7. The molecule has 10 heteroatoms. The summed E-state index contributed by atoms with van der Waals surface area (Å²) in [5, 5.41) is 43.5. The molecule has 0 unspecified atom stereocenters. The molecule has 2 fully saturated rings. The van der Waals surface area contributed by atoms with E-state index in [0.717, 1.165) is 41.7 Å². The fraction of sp³-hybridized carbons (Fsp3) is 0.600. The first kappa shape index (κ1) is 34.8. The molecule has 0 saturated carbocycles. The van der Waals surface area contributed by atoms with Crippen LogP contribution in [0.15, 0.2) is 42.5 Å². The Morgan fingerprint density at radius 3 is 2.53 bits per heavy atom. The number of rotatable bonds is 13. The highest BCUT2D eigenvalue weighted by Gasteiger charge is 2.42. The van der Waals surface area contributed by atoms with Crippen LogP contribution in [0.2, 0.25) is 0 Å². The molecule has 9 nitrogen and oxygen atoms in total. The third-order valence-electron chi connectivity index (χ3n) is 9.12. The maximum Gasteiger partial charge on any atom is 0.237 e. The standard InChI is InChI=1S/C35H48FN3O6/c1-5-25-9-10-26(34-33(43)32(42)31(41)22(2)45-34)17-27(25)15-23-7-11-29(12-8-23)44-14-6-13-35(3,4)38-20-30(40)39-21-24(18-36)16-28(39)19-37/h7-12,17,22,24,28,31-34,38,41-43H,5-6,13-16,18,20-21H2,1-4H3/t22-,24-,28+,31-,32+,33-,34+/m1/s1. The first-order valence-electron chi connectivity index (χ1n) is 16.0. The summed E-state index contributed by atoms with van der Waals surface area (Å²) >= 11 is 0. The summed E-state index contributed by atoms with van der Waals surface area (Å²) in [7, 11) is 0. The molecule has 2 aromatic carbocycles. The van der Waals surface area contributed by atoms with E-state index in [1.807, 2.05) is 56.3 Å². The predicted molar refractivity (Wildman–Crippen MR) is 168 cm³/mol. The van der Waals surface area contributed by atoms with Crippen LogP contribution >= 0.6 is 0 Å². The highest BCUT2D eigenvalue weighted by atomic mass is 19.1. The van der Waals surface area contributed by atoms with Crippen LogP contribution in [0.1, 0.15) is 75.3 Å². The number of ether oxygens (including phenoxy) is 2. The van der Waals surface area contributed by atoms with Crippen LogP contribution in [-0.2, 0) is 22.4 Å². The Kier molecular flexibility index (Phi) is 12.0. The lowest BCUT2D eigenvalue weighted by Gasteiger charge is -2.39. The molecule has 2 saturated heterocycles. The molecule has 0 spiro atoms. The molecule has 0 bridgehead atoms. The monoisotopic (exact) mass is 625 g/mol. The van der Waals surface area contributed by atoms with Crippen molar-refractivity contribution < 1.29 is 34.0 Å². The normalized spacial score (nSPS) is 26.9. The van der Waals surface area contributed by atoms with E-state index in [4.69, 9.17) is 9.47 Å². The van der Waals surface area contributed by atoms with Gasteiger partial charge >= 0.3 is 0 Å². The number of aliphatic hydroxyl groups is 3. The fourth-order valence-electron chi connectivity index (χ4n) is 6.22. The largest absolute Gasteiger partial charge is 0.494 e. The Hall–Kier alpha value is -3.07. The number of likely N-dealkylation sites (tertiary alicyclic amines) is 1. The van der Waals surface area contributed by atoms with Crippen molar-refractivity contribution in [3.63, 3.8) is 0 Å². The number of aliphatic hydroxyl groups excluding tert-OH is 3. The Morgan fingerprint density at radius 2 is 1.87 bits per heavy atom. The van der Waals surface area contributed by atoms with Gasteiger partial charge in [-0.1, -0.05) is 37.3 Å². The number of aryl methyl sites for hydroxylation is 1. The summed E-state index contributed by atoms with van der Waals surface area (Å²) in [6.07, 6.45) is -1.49. The number of benzene rings is 2. The summed E-state index contributed by atoms with van der Waals surface area (Å²) in [6, 6.07) is 15.5. The molecule has 4 N–H and O–H groups in total. The van der Waals surface area contributed by atoms with Gasteiger partial charge in [-0.05, 0) is 87.3 Å². The average Bonchev–Trinajstić information content (AvgIpc) is 3.47. The molecular weight excluding hydrogens is 577 g/mol. The number of hydrogen-bond acceptors (Lipinski definition) is 8. The molecule has 2 aliphatic heterocycles. The predicted octanol–water partition coefficient (Wildman–Crippen LogP) is 3.62. The second-order valence-electron chi connectivity index (χ2n) is 13.1. The Bertz CT molecular complexity index is 1320. The number of halogens is 1. The van der Waals surface area contributed by atoms with Crippen molar-refractivity contribution in [2.75, 3.05) is 26.4 Å². The van der Waals surface area contributed by atoms with E-state index in [-0.39, 0.29) is 23.9 Å². The first-order chi connectivity index (χ1) is 21.5. The van der Waals surface area contributed by atoms with Gasteiger partial charge in [0.25, 0.3) is 0 Å². The van der Waals surface area contributed by atoms with Crippen LogP contribution in [0.25, 0.3) is 0 Å². The Balaban J connectivity index is 1.26. The highest BCUT2D eigenvalue weighted by Crippen LogP contribution is 2.34. The zero-order valence-electron chi connectivity index (χ0n) is 26.8. The van der Waals surface area contributed by atoms with Crippen molar-refractivity contribution in [3.05, 3.63) is 64.7 Å². The molecule has 45 heavy (non-hydrogen) atoms. The van der Waals surface area contributed by atoms with Crippen LogP contribution in [0.5, 0.6) is 5.75 Å². The lowest BCUT2D eigenvalue weighted by Crippen LogP contribution is -2.53. The lowest BCUT2D eigenvalue weighted by atomic mass is 9.88. The van der Waals surface area contributed by atoms with Gasteiger partial charge in [-0.15, -0.1) is 0 Å². The Morgan fingerprint density at radius 1 is 1.13 bits per heavy atom. The first-order valence-corrected chi connectivity index (χ1v) is 16.0. The minimum absolute atomic E-state index is 0.105. The summed E-state index contributed by atoms with van der Waals surface area (Å²) in [4.78, 5) is 14.2.